The van der Waals surface area contributed by atoms with Gasteiger partial charge in [-0.3, -0.25) is 19.2 Å². The maximum absolute atomic E-state index is 14.4. The van der Waals surface area contributed by atoms with Crippen molar-refractivity contribution in [1.29, 1.82) is 0 Å². The molecule has 4 aliphatic rings. The normalized spacial score (nSPS) is 25.8. The van der Waals surface area contributed by atoms with Crippen molar-refractivity contribution in [2.45, 2.75) is 126 Å². The van der Waals surface area contributed by atoms with Crippen molar-refractivity contribution in [3.8, 4) is 11.8 Å². The molecule has 10 atom stereocenters. The lowest BCUT2D eigenvalue weighted by Crippen LogP contribution is -2.58. The fourth-order valence-electron chi connectivity index (χ4n) is 9.43. The molecular weight excluding hydrogens is 937 g/mol. The van der Waals surface area contributed by atoms with Gasteiger partial charge in [-0.2, -0.15) is 0 Å². The van der Waals surface area contributed by atoms with E-state index >= 15 is 0 Å². The number of fused-ring (bicyclic) bond motifs is 2. The Morgan fingerprint density at radius 1 is 0.676 bits per heavy atom. The van der Waals surface area contributed by atoms with Gasteiger partial charge in [0.15, 0.2) is 0 Å². The third kappa shape index (κ3) is 13.1. The first-order valence-electron chi connectivity index (χ1n) is 23.6. The predicted octanol–water partition coefficient (Wildman–Crippen LogP) is 4.71. The molecule has 2 aromatic rings. The summed E-state index contributed by atoms with van der Waals surface area (Å²) < 4.78 is 12.2. The van der Waals surface area contributed by atoms with E-state index in [1.807, 2.05) is 88.6 Å². The van der Waals surface area contributed by atoms with E-state index in [1.165, 1.54) is 0 Å². The monoisotopic (exact) mass is 1010 g/mol. The number of thioether (sulfide) groups is 2. The van der Waals surface area contributed by atoms with Gasteiger partial charge in [-0.15, -0.1) is 23.5 Å². The number of nitrogens with zero attached hydrogens (tertiary/aromatic N) is 2. The van der Waals surface area contributed by atoms with Crippen LogP contribution >= 0.6 is 48.0 Å². The fourth-order valence-corrected chi connectivity index (χ4v) is 13.1. The summed E-state index contributed by atoms with van der Waals surface area (Å²) in [5.41, 5.74) is 0.791. The summed E-state index contributed by atoms with van der Waals surface area (Å²) in [6.07, 6.45) is 2.62. The van der Waals surface area contributed by atoms with Crippen LogP contribution in [0.25, 0.3) is 0 Å². The predicted molar refractivity (Wildman–Crippen MR) is 280 cm³/mol. The maximum Gasteiger partial charge on any atom is 0.246 e. The third-order valence-electron chi connectivity index (χ3n) is 13.5. The van der Waals surface area contributed by atoms with Gasteiger partial charge in [0.25, 0.3) is 0 Å². The van der Waals surface area contributed by atoms with Crippen LogP contribution in [0.3, 0.4) is 0 Å². The third-order valence-corrected chi connectivity index (χ3v) is 16.9. The minimum Gasteiger partial charge on any atom is -0.367 e. The second kappa shape index (κ2) is 24.4. The van der Waals surface area contributed by atoms with Gasteiger partial charge >= 0.3 is 0 Å². The van der Waals surface area contributed by atoms with Crippen molar-refractivity contribution in [1.82, 2.24) is 41.7 Å². The molecule has 0 aliphatic carbocycles. The Morgan fingerprint density at radius 2 is 1.04 bits per heavy atom. The number of thiocarbonyl (C=S) groups is 2. The Balaban J connectivity index is 1.06. The van der Waals surface area contributed by atoms with E-state index in [-0.39, 0.29) is 72.9 Å². The molecule has 370 valence electrons. The number of rotatable bonds is 18. The lowest BCUT2D eigenvalue weighted by atomic mass is 9.83. The molecule has 4 heterocycles. The second-order valence-electron chi connectivity index (χ2n) is 19.4. The molecule has 4 aliphatic heterocycles. The molecule has 0 saturated carbocycles. The van der Waals surface area contributed by atoms with Crippen LogP contribution in [0.15, 0.2) is 60.7 Å². The number of carbonyl (C=O) groups is 4. The van der Waals surface area contributed by atoms with Gasteiger partial charge in [-0.05, 0) is 87.1 Å². The van der Waals surface area contributed by atoms with Gasteiger partial charge in [0.2, 0.25) is 23.6 Å². The van der Waals surface area contributed by atoms with Crippen molar-refractivity contribution < 1.29 is 28.7 Å². The van der Waals surface area contributed by atoms with E-state index in [0.29, 0.717) is 35.7 Å². The quantitative estimate of drug-likeness (QED) is 0.0692. The van der Waals surface area contributed by atoms with E-state index in [0.717, 1.165) is 22.6 Å². The van der Waals surface area contributed by atoms with Gasteiger partial charge in [0.05, 0.1) is 58.1 Å². The van der Waals surface area contributed by atoms with Gasteiger partial charge < -0.3 is 51.2 Å². The minimum absolute atomic E-state index is 0.0895. The lowest BCUT2D eigenvalue weighted by molar-refractivity contribution is -0.142. The number of benzene rings is 2. The standard InChI is InChI=1S/C50H70N8O6S4/c1-31(51-7)45(65)55-35-21-25-67-39-27-49(3,4)41(57(39)47(35)61)43(59)53-37(33-17-11-9-12-18-33)29-63-23-15-16-24-64-30-38(34-19-13-10-14-20-34)54-44(60)42-50(5,6)28-40-58(42)48(62)36(22-26-68-40)56-46(66)32(2)52-8/h9-14,17-20,31-32,35-42,51-52H,21-30H2,1-8H3,(H,53,59)(H,54,60)(H,55,65)(H,56,66)/t31-,32-,35-,36-,37+,38+,39-,40-,41+,42+/m0/s1. The molecule has 4 saturated heterocycles. The minimum atomic E-state index is -0.693. The average molecular weight is 1010 g/mol. The summed E-state index contributed by atoms with van der Waals surface area (Å²) in [6, 6.07) is 15.7. The molecule has 0 radical (unpaired) electrons. The summed E-state index contributed by atoms with van der Waals surface area (Å²) in [4.78, 5) is 62.0. The van der Waals surface area contributed by atoms with Crippen molar-refractivity contribution in [2.24, 2.45) is 10.8 Å². The zero-order valence-corrected chi connectivity index (χ0v) is 43.9. The Labute approximate surface area is 422 Å². The number of amides is 4. The van der Waals surface area contributed by atoms with Crippen molar-refractivity contribution in [2.75, 3.05) is 52.0 Å². The molecule has 14 nitrogen and oxygen atoms in total. The molecule has 0 bridgehead atoms. The highest BCUT2D eigenvalue weighted by Crippen LogP contribution is 2.48. The van der Waals surface area contributed by atoms with Crippen LogP contribution in [0.5, 0.6) is 0 Å². The zero-order chi connectivity index (χ0) is 49.2. The van der Waals surface area contributed by atoms with Crippen LogP contribution in [-0.2, 0) is 28.7 Å². The molecule has 18 heteroatoms. The second-order valence-corrected chi connectivity index (χ2v) is 22.8. The maximum atomic E-state index is 14.4. The summed E-state index contributed by atoms with van der Waals surface area (Å²) in [5.74, 6) is 6.93. The molecular formula is C50H70N8O6S4. The summed E-state index contributed by atoms with van der Waals surface area (Å²) in [7, 11) is 3.66. The number of hydrogen-bond acceptors (Lipinski definition) is 12. The van der Waals surface area contributed by atoms with Gasteiger partial charge in [0.1, 0.15) is 37.4 Å². The lowest BCUT2D eigenvalue weighted by Gasteiger charge is -2.35. The molecule has 68 heavy (non-hydrogen) atoms. The van der Waals surface area contributed by atoms with Gasteiger partial charge in [0, 0.05) is 0 Å². The number of ether oxygens (including phenoxy) is 2. The first-order chi connectivity index (χ1) is 32.5. The molecule has 0 unspecified atom stereocenters. The molecule has 4 amide bonds. The van der Waals surface area contributed by atoms with Crippen LogP contribution in [0.4, 0.5) is 0 Å². The van der Waals surface area contributed by atoms with Gasteiger partial charge in [-0.1, -0.05) is 125 Å². The molecule has 6 rings (SSSR count). The van der Waals surface area contributed by atoms with Crippen molar-refractivity contribution in [3.63, 3.8) is 0 Å². The summed E-state index contributed by atoms with van der Waals surface area (Å²) in [6.45, 7) is 12.6. The van der Waals surface area contributed by atoms with E-state index in [2.05, 4.69) is 71.4 Å². The SMILES string of the molecule is CN[C@@H](C)C(=S)N[C@H]1CCS[C@H]2CC(C)(C)[C@@H](C(=O)N[C@H](COCC#CCOC[C@@H](NC(=O)[C@H]3N4C(=O)[C@@H](NC(=S)[C@H](C)NC)CCS[C@H]4CC3(C)C)c3ccccc3)c3ccccc3)N2C1=O. The first-order valence-corrected chi connectivity index (χ1v) is 26.5. The highest BCUT2D eigenvalue weighted by atomic mass is 32.2. The Morgan fingerprint density at radius 3 is 1.40 bits per heavy atom. The van der Waals surface area contributed by atoms with Crippen LogP contribution in [0.2, 0.25) is 0 Å². The Bertz CT molecular complexity index is 2010. The highest BCUT2D eigenvalue weighted by Gasteiger charge is 2.56. The van der Waals surface area contributed by atoms with Crippen molar-refractivity contribution >= 4 is 81.6 Å². The van der Waals surface area contributed by atoms with Crippen LogP contribution < -0.4 is 31.9 Å². The molecule has 2 aromatic carbocycles. The number of carbonyl (C=O) groups excluding carboxylic acids is 4. The number of likely N-dealkylation sites (N-methyl/N-ethyl adjacent to an activating group) is 2. The number of hydrogen-bond donors (Lipinski definition) is 6. The molecule has 6 N–H and O–H groups in total. The summed E-state index contributed by atoms with van der Waals surface area (Å²) in [5, 5.41) is 19.1. The van der Waals surface area contributed by atoms with Gasteiger partial charge in [-0.25, -0.2) is 0 Å². The Hall–Kier alpha value is -3.80. The molecule has 0 spiro atoms. The fraction of sp³-hybridized carbons (Fsp3) is 0.600. The number of nitrogens with one attached hydrogen (secondary N) is 6. The topological polar surface area (TPSA) is 165 Å². The van der Waals surface area contributed by atoms with Crippen LogP contribution in [0.1, 0.15) is 90.4 Å². The van der Waals surface area contributed by atoms with E-state index in [9.17, 15) is 19.2 Å². The average Bonchev–Trinajstić information content (AvgIpc) is 3.64. The van der Waals surface area contributed by atoms with Crippen LogP contribution in [0, 0.1) is 22.7 Å². The van der Waals surface area contributed by atoms with E-state index < -0.39 is 47.1 Å². The summed E-state index contributed by atoms with van der Waals surface area (Å²) >= 11 is 14.6. The molecule has 0 aromatic heterocycles. The largest absolute Gasteiger partial charge is 0.367 e. The van der Waals surface area contributed by atoms with E-state index in [1.54, 1.807) is 33.3 Å². The van der Waals surface area contributed by atoms with Crippen LogP contribution in [-0.4, -0.2) is 142 Å². The molecule has 4 fully saturated rings. The first kappa shape index (κ1) is 53.5. The zero-order valence-electron chi connectivity index (χ0n) is 40.6. The van der Waals surface area contributed by atoms with Crippen molar-refractivity contribution in [3.05, 3.63) is 71.8 Å². The highest BCUT2D eigenvalue weighted by molar-refractivity contribution is 8.00. The Kier molecular flexibility index (Phi) is 19.2. The smallest absolute Gasteiger partial charge is 0.246 e. The van der Waals surface area contributed by atoms with E-state index in [4.69, 9.17) is 33.9 Å².